The van der Waals surface area contributed by atoms with E-state index in [1.807, 2.05) is 41.5 Å². The largest absolute Gasteiger partial charge is 0.477 e. The molecular formula is C12H20N2O2. The van der Waals surface area contributed by atoms with Crippen LogP contribution in [0.4, 0.5) is 0 Å². The maximum absolute atomic E-state index is 11.1. The number of aromatic nitrogens is 2. The van der Waals surface area contributed by atoms with Gasteiger partial charge < -0.3 is 5.11 Å². The summed E-state index contributed by atoms with van der Waals surface area (Å²) in [4.78, 5) is 11.1. The predicted molar refractivity (Wildman–Crippen MR) is 62.9 cm³/mol. The highest BCUT2D eigenvalue weighted by Crippen LogP contribution is 2.25. The van der Waals surface area contributed by atoms with Crippen LogP contribution in [-0.2, 0) is 11.0 Å². The Kier molecular flexibility index (Phi) is 2.88. The van der Waals surface area contributed by atoms with Crippen LogP contribution in [-0.4, -0.2) is 20.9 Å². The monoisotopic (exact) mass is 224 g/mol. The number of carbonyl (C=O) groups is 1. The number of rotatable bonds is 1. The van der Waals surface area contributed by atoms with E-state index in [-0.39, 0.29) is 16.6 Å². The van der Waals surface area contributed by atoms with Crippen molar-refractivity contribution in [3.05, 3.63) is 17.5 Å². The Hall–Kier alpha value is -1.32. The molecule has 0 saturated heterocycles. The van der Waals surface area contributed by atoms with Gasteiger partial charge in [0.05, 0.1) is 11.2 Å². The normalized spacial score (nSPS) is 12.9. The minimum atomic E-state index is -0.932. The van der Waals surface area contributed by atoms with E-state index < -0.39 is 5.97 Å². The predicted octanol–water partition coefficient (Wildman–Crippen LogP) is 2.63. The lowest BCUT2D eigenvalue weighted by molar-refractivity contribution is 0.0674. The van der Waals surface area contributed by atoms with Crippen LogP contribution in [0, 0.1) is 0 Å². The van der Waals surface area contributed by atoms with Gasteiger partial charge in [-0.1, -0.05) is 20.8 Å². The van der Waals surface area contributed by atoms with Crippen molar-refractivity contribution in [3.63, 3.8) is 0 Å². The summed E-state index contributed by atoms with van der Waals surface area (Å²) in [5, 5.41) is 13.6. The average Bonchev–Trinajstić information content (AvgIpc) is 2.44. The Labute approximate surface area is 96.3 Å². The maximum Gasteiger partial charge on any atom is 0.354 e. The quantitative estimate of drug-likeness (QED) is 0.797. The SMILES string of the molecule is CC(C)(C)c1cc(C(=O)O)n(C(C)(C)C)n1. The van der Waals surface area contributed by atoms with E-state index in [1.54, 1.807) is 10.7 Å². The minimum Gasteiger partial charge on any atom is -0.477 e. The summed E-state index contributed by atoms with van der Waals surface area (Å²) in [6, 6.07) is 1.66. The van der Waals surface area contributed by atoms with Crippen molar-refractivity contribution in [3.8, 4) is 0 Å². The highest BCUT2D eigenvalue weighted by molar-refractivity contribution is 5.86. The molecule has 0 spiro atoms. The summed E-state index contributed by atoms with van der Waals surface area (Å²) < 4.78 is 1.58. The molecule has 90 valence electrons. The first kappa shape index (κ1) is 12.7. The van der Waals surface area contributed by atoms with Gasteiger partial charge in [0.2, 0.25) is 0 Å². The molecule has 0 unspecified atom stereocenters. The zero-order valence-corrected chi connectivity index (χ0v) is 10.8. The van der Waals surface area contributed by atoms with Crippen molar-refractivity contribution in [1.82, 2.24) is 9.78 Å². The number of nitrogens with zero attached hydrogens (tertiary/aromatic N) is 2. The molecular weight excluding hydrogens is 204 g/mol. The first-order valence-corrected chi connectivity index (χ1v) is 5.38. The fraction of sp³-hybridized carbons (Fsp3) is 0.667. The second-order valence-electron chi connectivity index (χ2n) is 6.05. The maximum atomic E-state index is 11.1. The Morgan fingerprint density at radius 1 is 1.25 bits per heavy atom. The Morgan fingerprint density at radius 3 is 2.00 bits per heavy atom. The first-order valence-electron chi connectivity index (χ1n) is 5.38. The number of aromatic carboxylic acids is 1. The third-order valence-corrected chi connectivity index (χ3v) is 2.33. The van der Waals surface area contributed by atoms with Gasteiger partial charge in [-0.25, -0.2) is 4.79 Å². The van der Waals surface area contributed by atoms with Gasteiger partial charge in [0.25, 0.3) is 0 Å². The van der Waals surface area contributed by atoms with Gasteiger partial charge in [-0.15, -0.1) is 0 Å². The standard InChI is InChI=1S/C12H20N2O2/c1-11(2,3)9-7-8(10(15)16)14(13-9)12(4,5)6/h7H,1-6H3,(H,15,16). The Bertz CT molecular complexity index is 406. The minimum absolute atomic E-state index is 0.138. The highest BCUT2D eigenvalue weighted by atomic mass is 16.4. The van der Waals surface area contributed by atoms with Gasteiger partial charge in [0.15, 0.2) is 0 Å². The number of carboxylic acids is 1. The van der Waals surface area contributed by atoms with Gasteiger partial charge in [-0.2, -0.15) is 5.10 Å². The number of carboxylic acid groups (broad SMARTS) is 1. The molecule has 1 N–H and O–H groups in total. The van der Waals surface area contributed by atoms with Crippen molar-refractivity contribution in [1.29, 1.82) is 0 Å². The van der Waals surface area contributed by atoms with Crippen LogP contribution in [0.3, 0.4) is 0 Å². The van der Waals surface area contributed by atoms with Crippen molar-refractivity contribution in [2.45, 2.75) is 52.5 Å². The average molecular weight is 224 g/mol. The summed E-state index contributed by atoms with van der Waals surface area (Å²) in [6.45, 7) is 11.9. The van der Waals surface area contributed by atoms with E-state index in [2.05, 4.69) is 5.10 Å². The zero-order chi connectivity index (χ0) is 12.7. The van der Waals surface area contributed by atoms with Crippen molar-refractivity contribution in [2.75, 3.05) is 0 Å². The van der Waals surface area contributed by atoms with E-state index in [9.17, 15) is 4.79 Å². The fourth-order valence-electron chi connectivity index (χ4n) is 1.41. The third-order valence-electron chi connectivity index (χ3n) is 2.33. The number of hydrogen-bond acceptors (Lipinski definition) is 2. The molecule has 0 fully saturated rings. The lowest BCUT2D eigenvalue weighted by Gasteiger charge is -2.21. The van der Waals surface area contributed by atoms with Crippen molar-refractivity contribution in [2.24, 2.45) is 0 Å². The second-order valence-corrected chi connectivity index (χ2v) is 6.05. The summed E-state index contributed by atoms with van der Waals surface area (Å²) in [5.74, 6) is -0.932. The van der Waals surface area contributed by atoms with Crippen LogP contribution < -0.4 is 0 Å². The van der Waals surface area contributed by atoms with E-state index in [4.69, 9.17) is 5.11 Å². The van der Waals surface area contributed by atoms with E-state index >= 15 is 0 Å². The Morgan fingerprint density at radius 2 is 1.75 bits per heavy atom. The molecule has 1 rings (SSSR count). The molecule has 0 saturated carbocycles. The molecule has 4 nitrogen and oxygen atoms in total. The summed E-state index contributed by atoms with van der Waals surface area (Å²) in [6.07, 6.45) is 0. The zero-order valence-electron chi connectivity index (χ0n) is 10.8. The van der Waals surface area contributed by atoms with E-state index in [0.717, 1.165) is 5.69 Å². The second kappa shape index (κ2) is 3.61. The van der Waals surface area contributed by atoms with Crippen LogP contribution in [0.5, 0.6) is 0 Å². The summed E-state index contributed by atoms with van der Waals surface area (Å²) in [5.41, 5.74) is 0.593. The van der Waals surface area contributed by atoms with Crippen LogP contribution in [0.15, 0.2) is 6.07 Å². The molecule has 1 heterocycles. The first-order chi connectivity index (χ1) is 7.03. The lowest BCUT2D eigenvalue weighted by Crippen LogP contribution is -2.27. The molecule has 0 aliphatic rings. The molecule has 0 aromatic carbocycles. The van der Waals surface area contributed by atoms with Crippen LogP contribution >= 0.6 is 0 Å². The van der Waals surface area contributed by atoms with Gasteiger partial charge in [-0.3, -0.25) is 4.68 Å². The van der Waals surface area contributed by atoms with E-state index in [1.165, 1.54) is 0 Å². The molecule has 0 radical (unpaired) electrons. The van der Waals surface area contributed by atoms with Gasteiger partial charge in [-0.05, 0) is 26.8 Å². The van der Waals surface area contributed by atoms with Crippen molar-refractivity contribution >= 4 is 5.97 Å². The van der Waals surface area contributed by atoms with Gasteiger partial charge >= 0.3 is 5.97 Å². The van der Waals surface area contributed by atoms with E-state index in [0.29, 0.717) is 0 Å². The Balaban J connectivity index is 3.38. The molecule has 16 heavy (non-hydrogen) atoms. The topological polar surface area (TPSA) is 55.1 Å². The summed E-state index contributed by atoms with van der Waals surface area (Å²) >= 11 is 0. The lowest BCUT2D eigenvalue weighted by atomic mass is 9.92. The highest BCUT2D eigenvalue weighted by Gasteiger charge is 2.27. The van der Waals surface area contributed by atoms with Crippen LogP contribution in [0.2, 0.25) is 0 Å². The third kappa shape index (κ3) is 2.43. The fourth-order valence-corrected chi connectivity index (χ4v) is 1.41. The number of hydrogen-bond donors (Lipinski definition) is 1. The molecule has 4 heteroatoms. The van der Waals surface area contributed by atoms with Crippen LogP contribution in [0.25, 0.3) is 0 Å². The van der Waals surface area contributed by atoms with Crippen LogP contribution in [0.1, 0.15) is 57.7 Å². The molecule has 1 aromatic heterocycles. The van der Waals surface area contributed by atoms with Gasteiger partial charge in [0.1, 0.15) is 5.69 Å². The molecule has 0 bridgehead atoms. The van der Waals surface area contributed by atoms with Crippen molar-refractivity contribution < 1.29 is 9.90 Å². The smallest absolute Gasteiger partial charge is 0.354 e. The summed E-state index contributed by atoms with van der Waals surface area (Å²) in [7, 11) is 0. The molecule has 0 aliphatic carbocycles. The molecule has 1 aromatic rings. The molecule has 0 aliphatic heterocycles. The van der Waals surface area contributed by atoms with Gasteiger partial charge in [0, 0.05) is 5.41 Å². The molecule has 0 atom stereocenters. The molecule has 0 amide bonds.